The van der Waals surface area contributed by atoms with E-state index in [0.717, 1.165) is 40.7 Å². The number of aryl methyl sites for hydroxylation is 3. The van der Waals surface area contributed by atoms with Gasteiger partial charge in [-0.05, 0) is 57.9 Å². The minimum Gasteiger partial charge on any atom is -0.477 e. The van der Waals surface area contributed by atoms with Crippen molar-refractivity contribution < 1.29 is 14.3 Å². The summed E-state index contributed by atoms with van der Waals surface area (Å²) in [4.78, 5) is 29.4. The molecule has 0 spiro atoms. The van der Waals surface area contributed by atoms with E-state index in [2.05, 4.69) is 21.7 Å². The normalized spacial score (nSPS) is 12.2. The van der Waals surface area contributed by atoms with Crippen LogP contribution in [0.1, 0.15) is 59.9 Å². The van der Waals surface area contributed by atoms with Crippen molar-refractivity contribution in [3.05, 3.63) is 68.9 Å². The molecule has 0 unspecified atom stereocenters. The van der Waals surface area contributed by atoms with Gasteiger partial charge < -0.3 is 26.0 Å². The van der Waals surface area contributed by atoms with Crippen LogP contribution in [0, 0.1) is 26.6 Å². The molecule has 4 aromatic rings. The third-order valence-corrected chi connectivity index (χ3v) is 6.94. The summed E-state index contributed by atoms with van der Waals surface area (Å²) in [5, 5.41) is 17.1. The second-order valence-corrected chi connectivity index (χ2v) is 9.86. The number of anilines is 3. The van der Waals surface area contributed by atoms with E-state index in [1.165, 1.54) is 6.20 Å². The molecule has 2 heterocycles. The molecule has 4 rings (SSSR count). The summed E-state index contributed by atoms with van der Waals surface area (Å²) in [5.41, 5.74) is 9.59. The Hall–Kier alpha value is -4.14. The van der Waals surface area contributed by atoms with Gasteiger partial charge in [-0.25, -0.2) is 9.18 Å². The highest BCUT2D eigenvalue weighted by atomic mass is 19.1. The van der Waals surface area contributed by atoms with Crippen LogP contribution in [0.4, 0.5) is 21.5 Å². The highest BCUT2D eigenvalue weighted by Crippen LogP contribution is 2.35. The molecule has 9 heteroatoms. The van der Waals surface area contributed by atoms with Crippen LogP contribution in [0.15, 0.2) is 35.3 Å². The minimum atomic E-state index is -1.37. The quantitative estimate of drug-likeness (QED) is 0.163. The van der Waals surface area contributed by atoms with Crippen LogP contribution in [0.5, 0.6) is 0 Å². The van der Waals surface area contributed by atoms with Gasteiger partial charge in [-0.2, -0.15) is 0 Å². The number of nitrogens with one attached hydrogen (secondary N) is 2. The lowest BCUT2D eigenvalue weighted by Gasteiger charge is -2.23. The summed E-state index contributed by atoms with van der Waals surface area (Å²) in [6, 6.07) is 7.96. The Bertz CT molecular complexity index is 1610. The van der Waals surface area contributed by atoms with Crippen molar-refractivity contribution in [1.29, 1.82) is 0 Å². The van der Waals surface area contributed by atoms with Gasteiger partial charge in [0.15, 0.2) is 5.82 Å². The fraction of sp³-hybridized carbons (Fsp3) is 0.345. The first-order valence-corrected chi connectivity index (χ1v) is 12.8. The smallest absolute Gasteiger partial charge is 0.341 e. The van der Waals surface area contributed by atoms with Crippen molar-refractivity contribution in [1.82, 2.24) is 9.55 Å². The molecule has 2 aromatic carbocycles. The Labute approximate surface area is 220 Å². The second kappa shape index (κ2) is 10.7. The number of nitrogens with zero attached hydrogens (tertiary/aromatic N) is 2. The van der Waals surface area contributed by atoms with Crippen molar-refractivity contribution in [2.24, 2.45) is 0 Å². The SMILES string of the molecule is CCC[C@H](C)n1cc(C(=O)O)c(=O)c2c(N)c(F)c(NCCNc3cc(C)nc4ccc(C)cc34)c(C)c21. The number of benzene rings is 2. The Balaban J connectivity index is 1.70. The first-order valence-electron chi connectivity index (χ1n) is 12.8. The number of fused-ring (bicyclic) bond motifs is 2. The first-order chi connectivity index (χ1) is 18.0. The van der Waals surface area contributed by atoms with Crippen LogP contribution < -0.4 is 21.8 Å². The second-order valence-electron chi connectivity index (χ2n) is 9.86. The number of rotatable bonds is 9. The largest absolute Gasteiger partial charge is 0.477 e. The average molecular weight is 520 g/mol. The lowest BCUT2D eigenvalue weighted by molar-refractivity contribution is 0.0694. The predicted molar refractivity (Wildman–Crippen MR) is 152 cm³/mol. The first kappa shape index (κ1) is 26.9. The summed E-state index contributed by atoms with van der Waals surface area (Å²) >= 11 is 0. The van der Waals surface area contributed by atoms with Crippen molar-refractivity contribution in [3.63, 3.8) is 0 Å². The highest BCUT2D eigenvalue weighted by Gasteiger charge is 2.25. The van der Waals surface area contributed by atoms with Crippen molar-refractivity contribution in [3.8, 4) is 0 Å². The standard InChI is InChI=1S/C29H34FN5O3/c1-6-7-17(4)35-14-20(29(37)38)28(36)23-25(31)24(30)26(18(5)27(23)35)33-11-10-32-22-13-16(3)34-21-9-8-15(2)12-19(21)22/h8-9,12-14,17,33H,6-7,10-11,31H2,1-5H3,(H,32,34)(H,37,38)/t17-/m0/s1. The highest BCUT2D eigenvalue weighted by molar-refractivity contribution is 6.01. The summed E-state index contributed by atoms with van der Waals surface area (Å²) in [5.74, 6) is -2.13. The molecule has 0 saturated carbocycles. The minimum absolute atomic E-state index is 0.0966. The number of aromatic carboxylic acids is 1. The van der Waals surface area contributed by atoms with E-state index in [4.69, 9.17) is 5.73 Å². The number of nitrogen functional groups attached to an aromatic ring is 1. The fourth-order valence-corrected chi connectivity index (χ4v) is 5.06. The van der Waals surface area contributed by atoms with Crippen molar-refractivity contribution in [2.45, 2.75) is 53.5 Å². The molecule has 0 aliphatic carbocycles. The number of aromatic nitrogens is 2. The Kier molecular flexibility index (Phi) is 7.57. The maximum atomic E-state index is 15.5. The molecule has 5 N–H and O–H groups in total. The number of carboxylic acid groups (broad SMARTS) is 1. The number of nitrogens with two attached hydrogens (primary N) is 1. The number of hydrogen-bond donors (Lipinski definition) is 4. The number of hydrogen-bond acceptors (Lipinski definition) is 6. The van der Waals surface area contributed by atoms with E-state index in [1.54, 1.807) is 11.5 Å². The van der Waals surface area contributed by atoms with Gasteiger partial charge in [-0.1, -0.05) is 25.0 Å². The molecule has 2 aromatic heterocycles. The van der Waals surface area contributed by atoms with Gasteiger partial charge in [-0.15, -0.1) is 0 Å². The number of pyridine rings is 2. The van der Waals surface area contributed by atoms with Crippen LogP contribution in [0.2, 0.25) is 0 Å². The molecule has 0 bridgehead atoms. The predicted octanol–water partition coefficient (Wildman–Crippen LogP) is 5.78. The van der Waals surface area contributed by atoms with Gasteiger partial charge in [0, 0.05) is 42.1 Å². The maximum absolute atomic E-state index is 15.5. The molecular formula is C29H34FN5O3. The summed E-state index contributed by atoms with van der Waals surface area (Å²) in [7, 11) is 0. The van der Waals surface area contributed by atoms with Gasteiger partial charge in [0.1, 0.15) is 5.56 Å². The molecule has 0 aliphatic heterocycles. The van der Waals surface area contributed by atoms with E-state index in [9.17, 15) is 14.7 Å². The van der Waals surface area contributed by atoms with Gasteiger partial charge >= 0.3 is 5.97 Å². The van der Waals surface area contributed by atoms with Crippen molar-refractivity contribution in [2.75, 3.05) is 29.5 Å². The van der Waals surface area contributed by atoms with E-state index in [0.29, 0.717) is 24.2 Å². The molecule has 0 radical (unpaired) electrons. The van der Waals surface area contributed by atoms with Crippen LogP contribution in [-0.2, 0) is 0 Å². The average Bonchev–Trinajstić information content (AvgIpc) is 2.86. The van der Waals surface area contributed by atoms with E-state index < -0.39 is 22.8 Å². The monoisotopic (exact) mass is 519 g/mol. The third-order valence-electron chi connectivity index (χ3n) is 6.94. The van der Waals surface area contributed by atoms with Gasteiger partial charge in [0.05, 0.1) is 27.8 Å². The molecule has 200 valence electrons. The summed E-state index contributed by atoms with van der Waals surface area (Å²) in [6.45, 7) is 10.5. The molecular weight excluding hydrogens is 485 g/mol. The zero-order valence-corrected chi connectivity index (χ0v) is 22.4. The van der Waals surface area contributed by atoms with Gasteiger partial charge in [0.25, 0.3) is 0 Å². The lowest BCUT2D eigenvalue weighted by Crippen LogP contribution is -2.23. The summed E-state index contributed by atoms with van der Waals surface area (Å²) < 4.78 is 17.3. The van der Waals surface area contributed by atoms with Gasteiger partial charge in [0.2, 0.25) is 5.43 Å². The molecule has 1 atom stereocenters. The van der Waals surface area contributed by atoms with Crippen molar-refractivity contribution >= 4 is 44.8 Å². The maximum Gasteiger partial charge on any atom is 0.341 e. The number of carbonyl (C=O) groups is 1. The molecule has 38 heavy (non-hydrogen) atoms. The molecule has 0 fully saturated rings. The number of carboxylic acids is 1. The van der Waals surface area contributed by atoms with Crippen LogP contribution >= 0.6 is 0 Å². The fourth-order valence-electron chi connectivity index (χ4n) is 5.06. The molecule has 0 amide bonds. The van der Waals surface area contributed by atoms with Crippen LogP contribution in [0.3, 0.4) is 0 Å². The zero-order valence-electron chi connectivity index (χ0n) is 22.4. The van der Waals surface area contributed by atoms with E-state index in [1.807, 2.05) is 45.9 Å². The van der Waals surface area contributed by atoms with Crippen LogP contribution in [-0.4, -0.2) is 33.7 Å². The zero-order chi connectivity index (χ0) is 27.7. The lowest BCUT2D eigenvalue weighted by atomic mass is 10.0. The third kappa shape index (κ3) is 4.88. The Morgan fingerprint density at radius 1 is 1.18 bits per heavy atom. The van der Waals surface area contributed by atoms with E-state index in [-0.39, 0.29) is 22.8 Å². The topological polar surface area (TPSA) is 122 Å². The molecule has 8 nitrogen and oxygen atoms in total. The molecule has 0 saturated heterocycles. The van der Waals surface area contributed by atoms with E-state index >= 15 is 4.39 Å². The number of halogens is 1. The summed E-state index contributed by atoms with van der Waals surface area (Å²) in [6.07, 6.45) is 2.95. The van der Waals surface area contributed by atoms with Gasteiger partial charge in [-0.3, -0.25) is 9.78 Å². The molecule has 0 aliphatic rings. The Morgan fingerprint density at radius 3 is 2.58 bits per heavy atom. The Morgan fingerprint density at radius 2 is 1.89 bits per heavy atom. The van der Waals surface area contributed by atoms with Crippen LogP contribution in [0.25, 0.3) is 21.8 Å².